The van der Waals surface area contributed by atoms with Crippen LogP contribution in [0.15, 0.2) is 109 Å². The first-order valence-corrected chi connectivity index (χ1v) is 9.38. The second kappa shape index (κ2) is 8.36. The third kappa shape index (κ3) is 4.36. The average Bonchev–Trinajstić information content (AvgIpc) is 2.76. The van der Waals surface area contributed by atoms with Crippen molar-refractivity contribution in [3.63, 3.8) is 0 Å². The van der Waals surface area contributed by atoms with Crippen molar-refractivity contribution in [1.82, 2.24) is 0 Å². The summed E-state index contributed by atoms with van der Waals surface area (Å²) in [5.74, 6) is -0.0140. The summed E-state index contributed by atoms with van der Waals surface area (Å²) in [4.78, 5) is 12.4. The van der Waals surface area contributed by atoms with Crippen LogP contribution in [0.25, 0.3) is 22.3 Å². The quantitative estimate of drug-likeness (QED) is 0.449. The van der Waals surface area contributed by atoms with Gasteiger partial charge >= 0.3 is 0 Å². The van der Waals surface area contributed by atoms with Gasteiger partial charge in [0.25, 0.3) is 0 Å². The molecule has 4 aromatic rings. The smallest absolute Gasteiger partial charge is 0.228 e. The lowest BCUT2D eigenvalue weighted by molar-refractivity contribution is -0.115. The molecule has 0 atom stereocenters. The fraction of sp³-hybridized carbons (Fsp3) is 0.0385. The van der Waals surface area contributed by atoms with Gasteiger partial charge in [-0.3, -0.25) is 4.79 Å². The highest BCUT2D eigenvalue weighted by Crippen LogP contribution is 2.22. The fourth-order valence-electron chi connectivity index (χ4n) is 3.21. The second-order valence-corrected chi connectivity index (χ2v) is 6.73. The largest absolute Gasteiger partial charge is 0.326 e. The molecule has 1 N–H and O–H groups in total. The summed E-state index contributed by atoms with van der Waals surface area (Å²) in [6.45, 7) is 0. The Bertz CT molecular complexity index is 950. The Hall–Kier alpha value is -3.65. The second-order valence-electron chi connectivity index (χ2n) is 6.73. The van der Waals surface area contributed by atoms with E-state index in [1.54, 1.807) is 0 Å². The van der Waals surface area contributed by atoms with E-state index in [9.17, 15) is 4.79 Å². The van der Waals surface area contributed by atoms with Crippen molar-refractivity contribution in [3.8, 4) is 22.3 Å². The van der Waals surface area contributed by atoms with E-state index in [0.717, 1.165) is 22.4 Å². The molecule has 0 bridgehead atoms. The van der Waals surface area contributed by atoms with Gasteiger partial charge in [-0.2, -0.15) is 0 Å². The first-order valence-electron chi connectivity index (χ1n) is 9.38. The molecule has 0 fully saturated rings. The molecule has 2 heteroatoms. The fourth-order valence-corrected chi connectivity index (χ4v) is 3.21. The van der Waals surface area contributed by atoms with Crippen LogP contribution in [0.5, 0.6) is 0 Å². The minimum Gasteiger partial charge on any atom is -0.326 e. The molecule has 0 aromatic heterocycles. The summed E-state index contributed by atoms with van der Waals surface area (Å²) in [5.41, 5.74) is 6.44. The zero-order valence-electron chi connectivity index (χ0n) is 15.5. The molecule has 0 aliphatic rings. The lowest BCUT2D eigenvalue weighted by Gasteiger charge is -2.08. The number of carbonyl (C=O) groups excluding carboxylic acids is 1. The van der Waals surface area contributed by atoms with Gasteiger partial charge in [0.1, 0.15) is 0 Å². The van der Waals surface area contributed by atoms with Gasteiger partial charge < -0.3 is 5.32 Å². The van der Waals surface area contributed by atoms with Crippen LogP contribution in [-0.4, -0.2) is 5.91 Å². The summed E-state index contributed by atoms with van der Waals surface area (Å²) >= 11 is 0. The lowest BCUT2D eigenvalue weighted by Crippen LogP contribution is -2.14. The average molecular weight is 363 g/mol. The Morgan fingerprint density at radius 2 is 0.964 bits per heavy atom. The zero-order valence-corrected chi connectivity index (χ0v) is 15.5. The van der Waals surface area contributed by atoms with E-state index in [1.807, 2.05) is 72.8 Å². The number of amides is 1. The van der Waals surface area contributed by atoms with E-state index in [-0.39, 0.29) is 5.91 Å². The summed E-state index contributed by atoms with van der Waals surface area (Å²) in [5, 5.41) is 2.98. The van der Waals surface area contributed by atoms with Gasteiger partial charge in [0.05, 0.1) is 6.42 Å². The zero-order chi connectivity index (χ0) is 19.2. The number of benzene rings is 4. The summed E-state index contributed by atoms with van der Waals surface area (Å²) in [6, 6.07) is 36.5. The molecule has 1 amide bonds. The van der Waals surface area contributed by atoms with Crippen molar-refractivity contribution in [2.45, 2.75) is 6.42 Å². The van der Waals surface area contributed by atoms with Crippen LogP contribution in [0.1, 0.15) is 5.56 Å². The monoisotopic (exact) mass is 363 g/mol. The highest BCUT2D eigenvalue weighted by molar-refractivity contribution is 5.92. The highest BCUT2D eigenvalue weighted by Gasteiger charge is 2.05. The number of anilines is 1. The molecule has 0 aliphatic carbocycles. The first kappa shape index (κ1) is 17.7. The Balaban J connectivity index is 1.38. The van der Waals surface area contributed by atoms with Gasteiger partial charge in [0, 0.05) is 5.69 Å². The van der Waals surface area contributed by atoms with E-state index >= 15 is 0 Å². The molecule has 2 nitrogen and oxygen atoms in total. The van der Waals surface area contributed by atoms with Crippen LogP contribution >= 0.6 is 0 Å². The van der Waals surface area contributed by atoms with Gasteiger partial charge in [-0.15, -0.1) is 0 Å². The van der Waals surface area contributed by atoms with Crippen molar-refractivity contribution in [2.24, 2.45) is 0 Å². The molecule has 28 heavy (non-hydrogen) atoms. The maximum absolute atomic E-state index is 12.4. The Labute approximate surface area is 165 Å². The number of hydrogen-bond acceptors (Lipinski definition) is 1. The summed E-state index contributed by atoms with van der Waals surface area (Å²) in [7, 11) is 0. The van der Waals surface area contributed by atoms with Crippen LogP contribution < -0.4 is 5.32 Å². The van der Waals surface area contributed by atoms with Gasteiger partial charge in [-0.05, 0) is 39.9 Å². The molecule has 0 saturated carbocycles. The van der Waals surface area contributed by atoms with Gasteiger partial charge in [0.15, 0.2) is 0 Å². The van der Waals surface area contributed by atoms with Crippen LogP contribution in [0.3, 0.4) is 0 Å². The predicted octanol–water partition coefficient (Wildman–Crippen LogP) is 6.20. The van der Waals surface area contributed by atoms with E-state index in [4.69, 9.17) is 0 Å². The molecule has 136 valence electrons. The minimum absolute atomic E-state index is 0.0140. The van der Waals surface area contributed by atoms with Gasteiger partial charge in [-0.1, -0.05) is 97.1 Å². The van der Waals surface area contributed by atoms with Crippen molar-refractivity contribution in [3.05, 3.63) is 115 Å². The summed E-state index contributed by atoms with van der Waals surface area (Å²) in [6.07, 6.45) is 0.357. The third-order valence-corrected chi connectivity index (χ3v) is 4.70. The number of nitrogens with one attached hydrogen (secondary N) is 1. The minimum atomic E-state index is -0.0140. The summed E-state index contributed by atoms with van der Waals surface area (Å²) < 4.78 is 0. The van der Waals surface area contributed by atoms with Gasteiger partial charge in [-0.25, -0.2) is 0 Å². The molecule has 0 saturated heterocycles. The van der Waals surface area contributed by atoms with Crippen molar-refractivity contribution in [2.75, 3.05) is 5.32 Å². The Morgan fingerprint density at radius 3 is 1.46 bits per heavy atom. The molecule has 4 aromatic carbocycles. The first-order chi connectivity index (χ1) is 13.8. The van der Waals surface area contributed by atoms with Crippen LogP contribution in [0.2, 0.25) is 0 Å². The predicted molar refractivity (Wildman–Crippen MR) is 116 cm³/mol. The molecule has 0 heterocycles. The third-order valence-electron chi connectivity index (χ3n) is 4.70. The SMILES string of the molecule is O=C(Cc1ccc(-c2ccccc2)cc1)Nc1ccc(-c2ccccc2)cc1. The van der Waals surface area contributed by atoms with Crippen LogP contribution in [0, 0.1) is 0 Å². The molecule has 0 aliphatic heterocycles. The van der Waals surface area contributed by atoms with E-state index in [0.29, 0.717) is 6.42 Å². The highest BCUT2D eigenvalue weighted by atomic mass is 16.1. The van der Waals surface area contributed by atoms with Crippen molar-refractivity contribution < 1.29 is 4.79 Å². The lowest BCUT2D eigenvalue weighted by atomic mass is 10.0. The molecule has 0 spiro atoms. The number of rotatable bonds is 5. The number of carbonyl (C=O) groups is 1. The molecule has 0 radical (unpaired) electrons. The maximum atomic E-state index is 12.4. The Kier molecular flexibility index (Phi) is 5.30. The standard InChI is InChI=1S/C26H21NO/c28-26(19-20-11-13-23(14-12-20)21-7-3-1-4-8-21)27-25-17-15-24(16-18-25)22-9-5-2-6-10-22/h1-18H,19H2,(H,27,28). The molecular weight excluding hydrogens is 342 g/mol. The van der Waals surface area contributed by atoms with Gasteiger partial charge in [0.2, 0.25) is 5.91 Å². The van der Waals surface area contributed by atoms with Crippen LogP contribution in [-0.2, 0) is 11.2 Å². The van der Waals surface area contributed by atoms with Crippen molar-refractivity contribution >= 4 is 11.6 Å². The molecular formula is C26H21NO. The molecule has 0 unspecified atom stereocenters. The normalized spacial score (nSPS) is 10.4. The van der Waals surface area contributed by atoms with E-state index in [2.05, 4.69) is 41.7 Å². The van der Waals surface area contributed by atoms with E-state index in [1.165, 1.54) is 11.1 Å². The Morgan fingerprint density at radius 1 is 0.536 bits per heavy atom. The van der Waals surface area contributed by atoms with E-state index < -0.39 is 0 Å². The maximum Gasteiger partial charge on any atom is 0.228 e. The van der Waals surface area contributed by atoms with Crippen molar-refractivity contribution in [1.29, 1.82) is 0 Å². The van der Waals surface area contributed by atoms with Crippen LogP contribution in [0.4, 0.5) is 5.69 Å². The topological polar surface area (TPSA) is 29.1 Å². The number of hydrogen-bond donors (Lipinski definition) is 1. The molecule has 4 rings (SSSR count).